The average Bonchev–Trinajstić information content (AvgIpc) is 2.58. The molecule has 0 heterocycles. The summed E-state index contributed by atoms with van der Waals surface area (Å²) in [6.45, 7) is 2.21. The molecule has 0 aliphatic carbocycles. The normalized spacial score (nSPS) is 11.7. The van der Waals surface area contributed by atoms with Gasteiger partial charge in [-0.1, -0.05) is 64.0 Å². The molecule has 0 amide bonds. The smallest absolute Gasteiger partial charge is 0.273 e. The number of hydrogen-bond acceptors (Lipinski definition) is 5. The van der Waals surface area contributed by atoms with Crippen molar-refractivity contribution in [2.45, 2.75) is 96.1 Å². The van der Waals surface area contributed by atoms with E-state index in [0.717, 1.165) is 32.0 Å². The van der Waals surface area contributed by atoms with Crippen molar-refractivity contribution in [3.8, 4) is 0 Å². The number of rotatable bonds is 17. The highest BCUT2D eigenvalue weighted by Crippen LogP contribution is 2.18. The van der Waals surface area contributed by atoms with Crippen LogP contribution in [0.2, 0.25) is 0 Å². The lowest BCUT2D eigenvalue weighted by atomic mass is 10.0. The molecule has 0 saturated heterocycles. The first-order chi connectivity index (χ1) is 12.0. The number of nitro groups is 2. The van der Waals surface area contributed by atoms with Crippen LogP contribution in [0.3, 0.4) is 0 Å². The number of carbonyl (C=O) groups excluding carboxylic acids is 1. The van der Waals surface area contributed by atoms with E-state index in [2.05, 4.69) is 19.1 Å². The molecule has 0 rings (SSSR count). The fourth-order valence-electron chi connectivity index (χ4n) is 2.64. The van der Waals surface area contributed by atoms with Crippen LogP contribution in [0.15, 0.2) is 12.2 Å². The molecular formula is C18H31N2O5. The fourth-order valence-corrected chi connectivity index (χ4v) is 2.64. The van der Waals surface area contributed by atoms with Crippen LogP contribution in [0.25, 0.3) is 0 Å². The topological polar surface area (TPSA) is 103 Å². The molecule has 0 aromatic heterocycles. The third-order valence-corrected chi connectivity index (χ3v) is 4.30. The molecule has 0 fully saturated rings. The molecular weight excluding hydrogens is 324 g/mol. The fraction of sp³-hybridized carbons (Fsp3) is 0.833. The minimum Gasteiger partial charge on any atom is -0.273 e. The molecule has 1 radical (unpaired) electrons. The molecule has 7 heteroatoms. The monoisotopic (exact) mass is 355 g/mol. The standard InChI is InChI=1S/C18H31N2O5/c1-2-3-4-5-6-7-8-9-10-11-12-13-14-15-16-18(17-21,19(22)23)20(24)25/h9-10H,2-8,11-16H2,1H3/b10-9-. The maximum Gasteiger partial charge on any atom is 0.523 e. The van der Waals surface area contributed by atoms with Crippen molar-refractivity contribution < 1.29 is 14.6 Å². The van der Waals surface area contributed by atoms with Crippen molar-refractivity contribution in [1.29, 1.82) is 0 Å². The van der Waals surface area contributed by atoms with Gasteiger partial charge in [0.25, 0.3) is 0 Å². The van der Waals surface area contributed by atoms with Gasteiger partial charge in [0.1, 0.15) is 9.85 Å². The first-order valence-electron chi connectivity index (χ1n) is 9.34. The number of unbranched alkanes of at least 4 members (excludes halogenated alkanes) is 10. The summed E-state index contributed by atoms with van der Waals surface area (Å²) in [7, 11) is 0. The Kier molecular flexibility index (Phi) is 13.5. The van der Waals surface area contributed by atoms with Gasteiger partial charge in [0.2, 0.25) is 0 Å². The van der Waals surface area contributed by atoms with Gasteiger partial charge in [-0.05, 0) is 32.1 Å². The minimum atomic E-state index is -2.79. The Morgan fingerprint density at radius 2 is 1.24 bits per heavy atom. The van der Waals surface area contributed by atoms with E-state index < -0.39 is 21.9 Å². The van der Waals surface area contributed by atoms with Crippen molar-refractivity contribution in [1.82, 2.24) is 0 Å². The van der Waals surface area contributed by atoms with E-state index in [9.17, 15) is 25.0 Å². The Labute approximate surface area is 150 Å². The molecule has 0 aliphatic rings. The van der Waals surface area contributed by atoms with Gasteiger partial charge in [-0.25, -0.2) is 0 Å². The molecule has 0 saturated carbocycles. The highest BCUT2D eigenvalue weighted by Gasteiger charge is 2.57. The second-order valence-corrected chi connectivity index (χ2v) is 6.41. The third kappa shape index (κ3) is 9.94. The van der Waals surface area contributed by atoms with E-state index in [4.69, 9.17) is 0 Å². The lowest BCUT2D eigenvalue weighted by Crippen LogP contribution is -2.47. The number of allylic oxidation sites excluding steroid dienone is 2. The van der Waals surface area contributed by atoms with Crippen molar-refractivity contribution in [3.05, 3.63) is 32.4 Å². The molecule has 0 spiro atoms. The molecule has 143 valence electrons. The lowest BCUT2D eigenvalue weighted by molar-refractivity contribution is -0.772. The van der Waals surface area contributed by atoms with Gasteiger partial charge in [0, 0.05) is 0 Å². The Hall–Kier alpha value is -1.79. The zero-order valence-electron chi connectivity index (χ0n) is 15.3. The van der Waals surface area contributed by atoms with Crippen LogP contribution in [0.5, 0.6) is 0 Å². The van der Waals surface area contributed by atoms with Crippen LogP contribution < -0.4 is 0 Å². The summed E-state index contributed by atoms with van der Waals surface area (Å²) in [6, 6.07) is 0. The predicted molar refractivity (Wildman–Crippen MR) is 97.2 cm³/mol. The molecule has 25 heavy (non-hydrogen) atoms. The SMILES string of the molecule is CCCCCCCC/C=C\CCCCCCC([C]=O)([N+](=O)[O-])[N+](=O)[O-]. The predicted octanol–water partition coefficient (Wildman–Crippen LogP) is 4.99. The zero-order valence-corrected chi connectivity index (χ0v) is 15.3. The van der Waals surface area contributed by atoms with E-state index >= 15 is 0 Å². The molecule has 0 aromatic carbocycles. The van der Waals surface area contributed by atoms with Crippen LogP contribution in [0.4, 0.5) is 0 Å². The van der Waals surface area contributed by atoms with E-state index in [0.29, 0.717) is 6.42 Å². The Balaban J connectivity index is 3.66. The molecule has 0 aliphatic heterocycles. The summed E-state index contributed by atoms with van der Waals surface area (Å²) < 4.78 is 0. The van der Waals surface area contributed by atoms with Crippen molar-refractivity contribution in [2.24, 2.45) is 0 Å². The molecule has 7 nitrogen and oxygen atoms in total. The highest BCUT2D eigenvalue weighted by molar-refractivity contribution is 5.59. The van der Waals surface area contributed by atoms with Gasteiger partial charge >= 0.3 is 11.9 Å². The largest absolute Gasteiger partial charge is 0.523 e. The van der Waals surface area contributed by atoms with Crippen LogP contribution >= 0.6 is 0 Å². The minimum absolute atomic E-state index is 0.276. The molecule has 0 atom stereocenters. The average molecular weight is 355 g/mol. The first kappa shape index (κ1) is 23.2. The van der Waals surface area contributed by atoms with E-state index in [-0.39, 0.29) is 6.42 Å². The molecule has 0 bridgehead atoms. The summed E-state index contributed by atoms with van der Waals surface area (Å²) in [5.74, 6) is 0. The van der Waals surface area contributed by atoms with Gasteiger partial charge in [0.05, 0.1) is 6.42 Å². The second kappa shape index (κ2) is 14.5. The van der Waals surface area contributed by atoms with Crippen LogP contribution in [0.1, 0.15) is 90.4 Å². The molecule has 0 aromatic rings. The third-order valence-electron chi connectivity index (χ3n) is 4.30. The van der Waals surface area contributed by atoms with Gasteiger partial charge in [0.15, 0.2) is 0 Å². The van der Waals surface area contributed by atoms with Crippen molar-refractivity contribution >= 4 is 6.29 Å². The first-order valence-corrected chi connectivity index (χ1v) is 9.34. The highest BCUT2D eigenvalue weighted by atomic mass is 16.7. The van der Waals surface area contributed by atoms with E-state index in [1.807, 2.05) is 0 Å². The summed E-state index contributed by atoms with van der Waals surface area (Å²) in [6.07, 6.45) is 17.5. The molecule has 0 unspecified atom stereocenters. The van der Waals surface area contributed by atoms with Gasteiger partial charge < -0.3 is 0 Å². The Morgan fingerprint density at radius 3 is 1.68 bits per heavy atom. The van der Waals surface area contributed by atoms with Crippen LogP contribution in [-0.2, 0) is 4.79 Å². The van der Waals surface area contributed by atoms with Crippen LogP contribution in [0, 0.1) is 20.2 Å². The summed E-state index contributed by atoms with van der Waals surface area (Å²) in [4.78, 5) is 29.9. The quantitative estimate of drug-likeness (QED) is 0.120. The zero-order chi connectivity index (χ0) is 19.0. The summed E-state index contributed by atoms with van der Waals surface area (Å²) in [5.41, 5.74) is -2.79. The number of hydrogen-bond donors (Lipinski definition) is 0. The summed E-state index contributed by atoms with van der Waals surface area (Å²) >= 11 is 0. The second-order valence-electron chi connectivity index (χ2n) is 6.41. The van der Waals surface area contributed by atoms with Gasteiger partial charge in [-0.3, -0.25) is 25.0 Å². The van der Waals surface area contributed by atoms with Crippen molar-refractivity contribution in [2.75, 3.05) is 0 Å². The maximum atomic E-state index is 10.8. The maximum absolute atomic E-state index is 10.8. The Morgan fingerprint density at radius 1 is 0.800 bits per heavy atom. The van der Waals surface area contributed by atoms with E-state index in [1.165, 1.54) is 38.5 Å². The van der Waals surface area contributed by atoms with Crippen molar-refractivity contribution in [3.63, 3.8) is 0 Å². The van der Waals surface area contributed by atoms with Gasteiger partial charge in [-0.2, -0.15) is 0 Å². The Bertz CT molecular complexity index is 410. The molecule has 0 N–H and O–H groups in total. The van der Waals surface area contributed by atoms with Gasteiger partial charge in [-0.15, -0.1) is 0 Å². The van der Waals surface area contributed by atoms with Crippen LogP contribution in [-0.4, -0.2) is 21.8 Å². The van der Waals surface area contributed by atoms with E-state index in [1.54, 1.807) is 0 Å². The lowest BCUT2D eigenvalue weighted by Gasteiger charge is -2.09. The number of nitrogens with zero attached hydrogens (tertiary/aromatic N) is 2. The summed E-state index contributed by atoms with van der Waals surface area (Å²) in [5, 5.41) is 21.5.